The fourth-order valence-corrected chi connectivity index (χ4v) is 13.1. The van der Waals surface area contributed by atoms with Crippen LogP contribution >= 0.6 is 0 Å². The van der Waals surface area contributed by atoms with Gasteiger partial charge in [0.05, 0.1) is 11.7 Å². The summed E-state index contributed by atoms with van der Waals surface area (Å²) in [5, 5.41) is 23.0. The molecule has 4 fully saturated rings. The van der Waals surface area contributed by atoms with Crippen molar-refractivity contribution in [1.82, 2.24) is 40.5 Å². The van der Waals surface area contributed by atoms with Crippen LogP contribution in [0.5, 0.6) is 5.75 Å². The third-order valence-electron chi connectivity index (χ3n) is 17.7. The number of nitrogens with two attached hydrogens (primary N) is 1. The SMILES string of the molecule is CCC(C)[C@@H]1NC(=O)[C@@H]2CCCN2C(=O)[C@H](C(C)C)NC(=O)[C@@H]2CCCN2C(=O)[C@H](C(C)CC)NC(=O)C(N)Cc2cn(c3ccccc23)[C@@]23C[C@@H](NC1=O)C(=O)N1C2N(C(=O)[C@@H]1Cc1ccc(O)cc1)c1ccccc13. The van der Waals surface area contributed by atoms with Crippen LogP contribution in [-0.2, 0) is 56.7 Å². The van der Waals surface area contributed by atoms with Crippen molar-refractivity contribution in [3.8, 4) is 5.75 Å². The van der Waals surface area contributed by atoms with Gasteiger partial charge >= 0.3 is 0 Å². The second-order valence-electron chi connectivity index (χ2n) is 22.6. The molecule has 8 amide bonds. The number of phenols is 1. The molecule has 19 heteroatoms. The van der Waals surface area contributed by atoms with E-state index in [1.165, 1.54) is 21.9 Å². The molecule has 3 aromatic carbocycles. The number of phenolic OH excluding ortho intramolecular Hbond substituents is 1. The van der Waals surface area contributed by atoms with Gasteiger partial charge in [0.25, 0.3) is 5.91 Å². The summed E-state index contributed by atoms with van der Waals surface area (Å²) in [6.07, 6.45) is 3.75. The Bertz CT molecular complexity index is 3010. The number of anilines is 1. The monoisotopic (exact) mass is 1050 g/mol. The normalized spacial score (nSPS) is 30.0. The Labute approximate surface area is 448 Å². The van der Waals surface area contributed by atoms with Crippen molar-refractivity contribution >= 4 is 63.8 Å². The highest BCUT2D eigenvalue weighted by Crippen LogP contribution is 2.57. The zero-order valence-corrected chi connectivity index (χ0v) is 44.7. The van der Waals surface area contributed by atoms with Crippen LogP contribution in [0.3, 0.4) is 0 Å². The van der Waals surface area contributed by atoms with Crippen molar-refractivity contribution in [3.63, 3.8) is 0 Å². The van der Waals surface area contributed by atoms with Gasteiger partial charge in [-0.05, 0) is 85.3 Å². The lowest BCUT2D eigenvalue weighted by Crippen LogP contribution is -2.68. The molecule has 1 aromatic heterocycles. The number of aromatic hydroxyl groups is 1. The number of rotatable bonds is 7. The number of carbonyl (C=O) groups is 8. The van der Waals surface area contributed by atoms with Gasteiger partial charge in [-0.3, -0.25) is 43.3 Å². The van der Waals surface area contributed by atoms with Crippen LogP contribution in [-0.4, -0.2) is 139 Å². The number of nitrogens with zero attached hydrogens (tertiary/aromatic N) is 5. The summed E-state index contributed by atoms with van der Waals surface area (Å²) in [6, 6.07) is 13.1. The summed E-state index contributed by atoms with van der Waals surface area (Å²) in [4.78, 5) is 125. The molecule has 6 aliphatic heterocycles. The molecule has 408 valence electrons. The molecule has 19 nitrogen and oxygen atoms in total. The Kier molecular flexibility index (Phi) is 14.4. The standard InChI is InChI=1S/C58H72N10O9/c1-7-32(5)47-52(73)60-40-29-58(38-16-10-12-18-42(38)67-54(75)45(68(53(40)74)57(58)67)27-34-21-23-36(69)24-22-34)66-30-35(37-15-9-11-17-41(37)66)28-39(59)49(70)63-48(33(6)8-2)56(77)65-26-14-19-43(65)50(71)61-46(31(3)4)55(76)64-25-13-20-44(64)51(72)62-47/h9-12,15-18,21-24,30-33,39-40,43-48,57,69H,7-8,13-14,19-20,25-29,59H2,1-6H3,(H,60,73)(H,61,71)(H,62,72)(H,63,70)/t32?,33?,39?,40-,43+,44+,45+,46+,47+,48+,57?,58-/m1/s1. The number of nitrogens with one attached hydrogen (secondary N) is 4. The maximum atomic E-state index is 15.6. The van der Waals surface area contributed by atoms with Crippen molar-refractivity contribution in [2.24, 2.45) is 23.5 Å². The zero-order chi connectivity index (χ0) is 54.8. The van der Waals surface area contributed by atoms with Gasteiger partial charge in [0.1, 0.15) is 59.7 Å². The number of benzene rings is 3. The molecule has 0 aliphatic carbocycles. The van der Waals surface area contributed by atoms with Crippen LogP contribution in [0.25, 0.3) is 10.9 Å². The molecule has 0 radical (unpaired) electrons. The number of para-hydroxylation sites is 2. The molecule has 6 aliphatic rings. The average molecular weight is 1050 g/mol. The molecule has 4 bridgehead atoms. The molecule has 77 heavy (non-hydrogen) atoms. The fourth-order valence-electron chi connectivity index (χ4n) is 13.1. The smallest absolute Gasteiger partial charge is 0.252 e. The third kappa shape index (κ3) is 9.06. The van der Waals surface area contributed by atoms with Crippen molar-refractivity contribution < 1.29 is 43.5 Å². The Morgan fingerprint density at radius 2 is 1.25 bits per heavy atom. The van der Waals surface area contributed by atoms with Gasteiger partial charge in [-0.25, -0.2) is 0 Å². The van der Waals surface area contributed by atoms with Crippen molar-refractivity contribution in [3.05, 3.63) is 95.7 Å². The van der Waals surface area contributed by atoms with E-state index in [9.17, 15) is 29.1 Å². The minimum atomic E-state index is -1.27. The third-order valence-corrected chi connectivity index (χ3v) is 17.7. The van der Waals surface area contributed by atoms with Crippen LogP contribution in [0.15, 0.2) is 79.0 Å². The van der Waals surface area contributed by atoms with Crippen LogP contribution in [0, 0.1) is 17.8 Å². The van der Waals surface area contributed by atoms with Crippen LogP contribution in [0.1, 0.15) is 103 Å². The van der Waals surface area contributed by atoms with Gasteiger partial charge in [-0.1, -0.05) is 103 Å². The van der Waals surface area contributed by atoms with Gasteiger partial charge in [0.2, 0.25) is 41.4 Å². The maximum absolute atomic E-state index is 15.6. The van der Waals surface area contributed by atoms with Gasteiger partial charge < -0.3 is 51.4 Å². The van der Waals surface area contributed by atoms with E-state index in [4.69, 9.17) is 5.73 Å². The topological polar surface area (TPSA) is 249 Å². The minimum absolute atomic E-state index is 0.0196. The molecule has 4 unspecified atom stereocenters. The Morgan fingerprint density at radius 1 is 0.662 bits per heavy atom. The highest BCUT2D eigenvalue weighted by Gasteiger charge is 2.68. The second kappa shape index (κ2) is 20.9. The van der Waals surface area contributed by atoms with Crippen molar-refractivity contribution in [2.45, 2.75) is 159 Å². The molecule has 7 N–H and O–H groups in total. The van der Waals surface area contributed by atoms with Gasteiger partial charge in [-0.2, -0.15) is 0 Å². The average Bonchev–Trinajstić information content (AvgIpc) is 4.48. The number of hydrogen-bond donors (Lipinski definition) is 6. The van der Waals surface area contributed by atoms with Gasteiger partial charge in [0.15, 0.2) is 0 Å². The van der Waals surface area contributed by atoms with Crippen molar-refractivity contribution in [2.75, 3.05) is 18.0 Å². The second-order valence-corrected chi connectivity index (χ2v) is 22.6. The summed E-state index contributed by atoms with van der Waals surface area (Å²) in [5.41, 5.74) is 9.06. The Balaban J connectivity index is 1.12. The highest BCUT2D eigenvalue weighted by atomic mass is 16.3. The van der Waals surface area contributed by atoms with E-state index in [-0.39, 0.29) is 49.9 Å². The van der Waals surface area contributed by atoms with Gasteiger partial charge in [-0.15, -0.1) is 0 Å². The number of carbonyl (C=O) groups excluding carboxylic acids is 8. The molecule has 1 spiro atoms. The van der Waals surface area contributed by atoms with E-state index < -0.39 is 113 Å². The predicted molar refractivity (Wildman–Crippen MR) is 286 cm³/mol. The van der Waals surface area contributed by atoms with E-state index in [0.29, 0.717) is 60.9 Å². The Hall–Kier alpha value is -7.28. The first-order valence-electron chi connectivity index (χ1n) is 27.6. The fraction of sp³-hybridized carbons (Fsp3) is 0.517. The molecule has 10 rings (SSSR count). The number of aromatic nitrogens is 1. The number of hydrogen-bond acceptors (Lipinski definition) is 10. The minimum Gasteiger partial charge on any atom is -0.508 e. The predicted octanol–water partition coefficient (Wildman–Crippen LogP) is 3.17. The number of piperidine rings is 1. The lowest BCUT2D eigenvalue weighted by atomic mass is 9.78. The van der Waals surface area contributed by atoms with E-state index in [1.54, 1.807) is 35.8 Å². The van der Waals surface area contributed by atoms with E-state index in [1.807, 2.05) is 82.4 Å². The maximum Gasteiger partial charge on any atom is 0.252 e. The summed E-state index contributed by atoms with van der Waals surface area (Å²) in [5.74, 6) is -5.09. The zero-order valence-electron chi connectivity index (χ0n) is 44.7. The first-order valence-corrected chi connectivity index (χ1v) is 27.6. The quantitative estimate of drug-likeness (QED) is 0.158. The van der Waals surface area contributed by atoms with Crippen LogP contribution in [0.4, 0.5) is 5.69 Å². The summed E-state index contributed by atoms with van der Waals surface area (Å²) >= 11 is 0. The Morgan fingerprint density at radius 3 is 1.90 bits per heavy atom. The van der Waals surface area contributed by atoms with Crippen LogP contribution < -0.4 is 31.9 Å². The van der Waals surface area contributed by atoms with Gasteiger partial charge in [0, 0.05) is 48.6 Å². The van der Waals surface area contributed by atoms with Crippen molar-refractivity contribution in [1.29, 1.82) is 0 Å². The molecule has 4 saturated heterocycles. The van der Waals surface area contributed by atoms with E-state index >= 15 is 14.4 Å². The molecule has 7 heterocycles. The number of fused-ring (bicyclic) bond motifs is 10. The summed E-state index contributed by atoms with van der Waals surface area (Å²) in [6.45, 7) is 11.6. The van der Waals surface area contributed by atoms with E-state index in [0.717, 1.165) is 10.9 Å². The summed E-state index contributed by atoms with van der Waals surface area (Å²) < 4.78 is 2.07. The van der Waals surface area contributed by atoms with Crippen LogP contribution in [0.2, 0.25) is 0 Å². The first-order chi connectivity index (χ1) is 36.9. The molecule has 12 atom stereocenters. The lowest BCUT2D eigenvalue weighted by molar-refractivity contribution is -0.148. The highest BCUT2D eigenvalue weighted by molar-refractivity contribution is 6.09. The molecular weight excluding hydrogens is 981 g/mol. The summed E-state index contributed by atoms with van der Waals surface area (Å²) in [7, 11) is 0. The molecular formula is C58H72N10O9. The largest absolute Gasteiger partial charge is 0.508 e. The molecule has 0 saturated carbocycles. The van der Waals surface area contributed by atoms with E-state index in [2.05, 4.69) is 25.8 Å². The first kappa shape index (κ1) is 53.1. The molecule has 4 aromatic rings. The lowest BCUT2D eigenvalue weighted by Gasteiger charge is -2.49. The number of amides is 8.